The maximum absolute atomic E-state index is 12.5. The summed E-state index contributed by atoms with van der Waals surface area (Å²) in [4.78, 5) is 26.4. The van der Waals surface area contributed by atoms with Crippen LogP contribution in [0.25, 0.3) is 0 Å². The van der Waals surface area contributed by atoms with Crippen LogP contribution in [0.1, 0.15) is 45.0 Å². The first-order valence-corrected chi connectivity index (χ1v) is 8.20. The zero-order chi connectivity index (χ0) is 19.0. The van der Waals surface area contributed by atoms with E-state index in [1.54, 1.807) is 37.4 Å². The van der Waals surface area contributed by atoms with E-state index in [1.807, 2.05) is 38.7 Å². The first-order valence-electron chi connectivity index (χ1n) is 8.20. The lowest BCUT2D eigenvalue weighted by Gasteiger charge is -2.33. The third-order valence-electron chi connectivity index (χ3n) is 3.52. The molecular weight excluding hydrogens is 318 g/mol. The van der Waals surface area contributed by atoms with Crippen LogP contribution in [-0.2, 0) is 9.53 Å². The van der Waals surface area contributed by atoms with Gasteiger partial charge in [-0.3, -0.25) is 4.79 Å². The van der Waals surface area contributed by atoms with E-state index in [-0.39, 0.29) is 23.3 Å². The van der Waals surface area contributed by atoms with Crippen molar-refractivity contribution in [3.8, 4) is 6.07 Å². The molecule has 0 aliphatic rings. The Bertz CT molecular complexity index is 697. The van der Waals surface area contributed by atoms with Crippen LogP contribution < -0.4 is 5.32 Å². The molecule has 0 bridgehead atoms. The third kappa shape index (κ3) is 5.64. The quantitative estimate of drug-likeness (QED) is 0.487. The largest absolute Gasteiger partial charge is 0.462 e. The zero-order valence-corrected chi connectivity index (χ0v) is 15.4. The average Bonchev–Trinajstić information content (AvgIpc) is 2.55. The van der Waals surface area contributed by atoms with Crippen molar-refractivity contribution in [1.82, 2.24) is 4.90 Å². The molecule has 0 saturated carbocycles. The van der Waals surface area contributed by atoms with E-state index < -0.39 is 11.9 Å². The number of hydrogen-bond donors (Lipinski definition) is 1. The Labute approximate surface area is 149 Å². The number of nitrogens with zero attached hydrogens (tertiary/aromatic N) is 2. The summed E-state index contributed by atoms with van der Waals surface area (Å²) in [6, 6.07) is 8.47. The molecule has 1 aromatic carbocycles. The van der Waals surface area contributed by atoms with Gasteiger partial charge in [0.2, 0.25) is 0 Å². The lowest BCUT2D eigenvalue weighted by atomic mass is 10.1. The Morgan fingerprint density at radius 2 is 1.92 bits per heavy atom. The van der Waals surface area contributed by atoms with E-state index in [0.29, 0.717) is 12.2 Å². The van der Waals surface area contributed by atoms with Crippen LogP contribution >= 0.6 is 0 Å². The molecule has 0 fully saturated rings. The molecule has 6 nitrogen and oxygen atoms in total. The number of ether oxygens (including phenoxy) is 1. The van der Waals surface area contributed by atoms with Crippen molar-refractivity contribution in [3.63, 3.8) is 0 Å². The summed E-state index contributed by atoms with van der Waals surface area (Å²) < 4.78 is 4.99. The third-order valence-corrected chi connectivity index (χ3v) is 3.52. The van der Waals surface area contributed by atoms with Crippen LogP contribution in [0, 0.1) is 11.3 Å². The fourth-order valence-corrected chi connectivity index (χ4v) is 2.22. The molecule has 1 rings (SSSR count). The van der Waals surface area contributed by atoms with Gasteiger partial charge in [-0.25, -0.2) is 4.79 Å². The van der Waals surface area contributed by atoms with Crippen molar-refractivity contribution in [2.45, 2.75) is 40.2 Å². The molecule has 6 heteroatoms. The van der Waals surface area contributed by atoms with Crippen molar-refractivity contribution in [2.75, 3.05) is 18.5 Å². The molecule has 0 aromatic heterocycles. The fraction of sp³-hybridized carbons (Fsp3) is 0.421. The Kier molecular flexibility index (Phi) is 7.19. The highest BCUT2D eigenvalue weighted by molar-refractivity contribution is 6.09. The molecule has 1 aromatic rings. The highest BCUT2D eigenvalue weighted by Gasteiger charge is 2.20. The average molecular weight is 343 g/mol. The van der Waals surface area contributed by atoms with Gasteiger partial charge in [-0.2, -0.15) is 5.26 Å². The number of rotatable bonds is 6. The Morgan fingerprint density at radius 1 is 1.28 bits per heavy atom. The van der Waals surface area contributed by atoms with Gasteiger partial charge in [0.25, 0.3) is 5.91 Å². The Morgan fingerprint density at radius 3 is 2.44 bits per heavy atom. The molecule has 0 aliphatic carbocycles. The molecule has 0 atom stereocenters. The number of benzene rings is 1. The molecule has 1 N–H and O–H groups in total. The number of amides is 1. The fourth-order valence-electron chi connectivity index (χ4n) is 2.22. The smallest absolute Gasteiger partial charge is 0.340 e. The standard InChI is InChI=1S/C19H25N3O3/c1-6-22(19(3,4)5)13-14(12-20)17(23)21-16-11-9-8-10-15(16)18(24)25-7-2/h8-11,13H,6-7H2,1-5H3,(H,21,23)/b14-13-. The molecule has 134 valence electrons. The van der Waals surface area contributed by atoms with Gasteiger partial charge in [0.1, 0.15) is 11.6 Å². The van der Waals surface area contributed by atoms with Crippen LogP contribution in [0.5, 0.6) is 0 Å². The van der Waals surface area contributed by atoms with Crippen LogP contribution in [-0.4, -0.2) is 35.5 Å². The van der Waals surface area contributed by atoms with Gasteiger partial charge < -0.3 is 15.0 Å². The maximum atomic E-state index is 12.5. The Hall–Kier alpha value is -2.81. The zero-order valence-electron chi connectivity index (χ0n) is 15.4. The molecule has 25 heavy (non-hydrogen) atoms. The summed E-state index contributed by atoms with van der Waals surface area (Å²) in [5.74, 6) is -1.09. The number of carbonyl (C=O) groups excluding carboxylic acids is 2. The van der Waals surface area contributed by atoms with E-state index in [1.165, 1.54) is 0 Å². The number of nitrogens with one attached hydrogen (secondary N) is 1. The van der Waals surface area contributed by atoms with Crippen molar-refractivity contribution in [3.05, 3.63) is 41.6 Å². The minimum Gasteiger partial charge on any atom is -0.462 e. The van der Waals surface area contributed by atoms with Crippen molar-refractivity contribution < 1.29 is 14.3 Å². The second kappa shape index (κ2) is 8.88. The van der Waals surface area contributed by atoms with Gasteiger partial charge in [-0.05, 0) is 46.8 Å². The van der Waals surface area contributed by atoms with E-state index in [0.717, 1.165) is 0 Å². The summed E-state index contributed by atoms with van der Waals surface area (Å²) in [6.45, 7) is 10.5. The summed E-state index contributed by atoms with van der Waals surface area (Å²) in [5, 5.41) is 12.0. The van der Waals surface area contributed by atoms with E-state index in [4.69, 9.17) is 4.74 Å². The highest BCUT2D eigenvalue weighted by Crippen LogP contribution is 2.19. The van der Waals surface area contributed by atoms with Gasteiger partial charge in [0, 0.05) is 18.3 Å². The normalized spacial score (nSPS) is 11.4. The molecule has 1 amide bonds. The summed E-state index contributed by atoms with van der Waals surface area (Å²) in [7, 11) is 0. The van der Waals surface area contributed by atoms with Gasteiger partial charge in [-0.15, -0.1) is 0 Å². The van der Waals surface area contributed by atoms with Crippen LogP contribution in [0.2, 0.25) is 0 Å². The SMILES string of the molecule is CCOC(=O)c1ccccc1NC(=O)/C(C#N)=C\N(CC)C(C)(C)C. The summed E-state index contributed by atoms with van der Waals surface area (Å²) in [6.07, 6.45) is 1.54. The van der Waals surface area contributed by atoms with E-state index >= 15 is 0 Å². The van der Waals surface area contributed by atoms with Gasteiger partial charge in [-0.1, -0.05) is 12.1 Å². The second-order valence-corrected chi connectivity index (χ2v) is 6.33. The molecule has 0 saturated heterocycles. The number of esters is 1. The minimum absolute atomic E-state index is 0.0320. The topological polar surface area (TPSA) is 82.4 Å². The van der Waals surface area contributed by atoms with Crippen molar-refractivity contribution in [1.29, 1.82) is 5.26 Å². The van der Waals surface area contributed by atoms with E-state index in [9.17, 15) is 14.9 Å². The summed E-state index contributed by atoms with van der Waals surface area (Å²) >= 11 is 0. The molecule has 0 radical (unpaired) electrons. The first-order chi connectivity index (χ1) is 11.7. The van der Waals surface area contributed by atoms with Crippen molar-refractivity contribution >= 4 is 17.6 Å². The predicted octanol–water partition coefficient (Wildman–Crippen LogP) is 3.33. The number of anilines is 1. The lowest BCUT2D eigenvalue weighted by Crippen LogP contribution is -2.37. The van der Waals surface area contributed by atoms with Crippen molar-refractivity contribution in [2.24, 2.45) is 0 Å². The first kappa shape index (κ1) is 20.2. The number of carbonyl (C=O) groups is 2. The molecule has 0 unspecified atom stereocenters. The monoisotopic (exact) mass is 343 g/mol. The number of nitriles is 1. The molecular formula is C19H25N3O3. The predicted molar refractivity (Wildman–Crippen MR) is 96.9 cm³/mol. The lowest BCUT2D eigenvalue weighted by molar-refractivity contribution is -0.112. The van der Waals surface area contributed by atoms with Gasteiger partial charge >= 0.3 is 5.97 Å². The van der Waals surface area contributed by atoms with Crippen LogP contribution in [0.4, 0.5) is 5.69 Å². The number of para-hydroxylation sites is 1. The number of hydrogen-bond acceptors (Lipinski definition) is 5. The van der Waals surface area contributed by atoms with Crippen LogP contribution in [0.15, 0.2) is 36.0 Å². The summed E-state index contributed by atoms with van der Waals surface area (Å²) in [5.41, 5.74) is 0.305. The highest BCUT2D eigenvalue weighted by atomic mass is 16.5. The minimum atomic E-state index is -0.568. The molecule has 0 spiro atoms. The second-order valence-electron chi connectivity index (χ2n) is 6.33. The van der Waals surface area contributed by atoms with Crippen LogP contribution in [0.3, 0.4) is 0 Å². The van der Waals surface area contributed by atoms with E-state index in [2.05, 4.69) is 5.32 Å². The molecule has 0 heterocycles. The Balaban J connectivity index is 3.09. The molecule has 0 aliphatic heterocycles. The van der Waals surface area contributed by atoms with Gasteiger partial charge in [0.05, 0.1) is 17.9 Å². The van der Waals surface area contributed by atoms with Gasteiger partial charge in [0.15, 0.2) is 0 Å². The maximum Gasteiger partial charge on any atom is 0.340 e.